The van der Waals surface area contributed by atoms with E-state index in [2.05, 4.69) is 22.2 Å². The Labute approximate surface area is 146 Å². The lowest BCUT2D eigenvalue weighted by molar-refractivity contribution is 0.306. The first-order valence-corrected chi connectivity index (χ1v) is 8.13. The Morgan fingerprint density at radius 3 is 2.32 bits per heavy atom. The number of hydrogen-bond donors (Lipinski definition) is 0. The molecule has 25 heavy (non-hydrogen) atoms. The largest absolute Gasteiger partial charge is 0.489 e. The zero-order valence-electron chi connectivity index (χ0n) is 13.6. The molecule has 0 aliphatic rings. The first-order chi connectivity index (χ1) is 12.4. The number of nitrogens with zero attached hydrogens (tertiary/aromatic N) is 3. The lowest BCUT2D eigenvalue weighted by atomic mass is 10.2. The van der Waals surface area contributed by atoms with Crippen LogP contribution in [-0.4, -0.2) is 14.8 Å². The normalized spacial score (nSPS) is 10.6. The van der Waals surface area contributed by atoms with Crippen molar-refractivity contribution in [1.82, 2.24) is 14.8 Å². The molecule has 2 aromatic carbocycles. The average molecular weight is 327 g/mol. The molecule has 0 spiro atoms. The van der Waals surface area contributed by atoms with E-state index >= 15 is 0 Å². The molecule has 4 aromatic rings. The molecule has 122 valence electrons. The Kier molecular flexibility index (Phi) is 4.25. The third-order valence-electron chi connectivity index (χ3n) is 3.90. The van der Waals surface area contributed by atoms with Crippen LogP contribution in [0.1, 0.15) is 5.56 Å². The van der Waals surface area contributed by atoms with Gasteiger partial charge in [-0.2, -0.15) is 5.10 Å². The van der Waals surface area contributed by atoms with Gasteiger partial charge in [0.15, 0.2) is 0 Å². The van der Waals surface area contributed by atoms with Crippen molar-refractivity contribution in [2.24, 2.45) is 0 Å². The van der Waals surface area contributed by atoms with E-state index in [-0.39, 0.29) is 0 Å². The van der Waals surface area contributed by atoms with Crippen molar-refractivity contribution in [3.05, 3.63) is 96.8 Å². The molecule has 2 heterocycles. The van der Waals surface area contributed by atoms with E-state index in [4.69, 9.17) is 4.74 Å². The first kappa shape index (κ1) is 15.1. The van der Waals surface area contributed by atoms with Gasteiger partial charge in [-0.05, 0) is 48.0 Å². The van der Waals surface area contributed by atoms with Crippen LogP contribution in [0.2, 0.25) is 0 Å². The van der Waals surface area contributed by atoms with Gasteiger partial charge in [0.05, 0.1) is 23.3 Å². The fraction of sp³-hybridized carbons (Fsp3) is 0.0476. The van der Waals surface area contributed by atoms with Crippen LogP contribution in [-0.2, 0) is 6.61 Å². The number of rotatable bonds is 5. The Morgan fingerprint density at radius 2 is 1.56 bits per heavy atom. The summed E-state index contributed by atoms with van der Waals surface area (Å²) in [5.41, 5.74) is 3.97. The quantitative estimate of drug-likeness (QED) is 0.541. The predicted octanol–water partition coefficient (Wildman–Crippen LogP) is 4.51. The van der Waals surface area contributed by atoms with Crippen LogP contribution in [0, 0.1) is 0 Å². The summed E-state index contributed by atoms with van der Waals surface area (Å²) in [7, 11) is 0. The predicted molar refractivity (Wildman–Crippen MR) is 97.6 cm³/mol. The molecule has 0 aliphatic heterocycles. The number of ether oxygens (including phenoxy) is 1. The minimum absolute atomic E-state index is 0.557. The minimum Gasteiger partial charge on any atom is -0.489 e. The molecule has 0 bridgehead atoms. The molecule has 0 atom stereocenters. The maximum absolute atomic E-state index is 5.84. The van der Waals surface area contributed by atoms with Crippen LogP contribution in [0.25, 0.3) is 17.1 Å². The summed E-state index contributed by atoms with van der Waals surface area (Å²) in [5.74, 6) is 0.833. The Bertz CT molecular complexity index is 932. The second kappa shape index (κ2) is 7.01. The maximum Gasteiger partial charge on any atom is 0.119 e. The standard InChI is InChI=1S/C21H17N3O/c1-2-6-17(7-3-1)16-25-19-11-9-18(10-12-19)24-21(13-15-23-24)20-8-4-5-14-22-20/h1-15H,16H2. The van der Waals surface area contributed by atoms with Crippen molar-refractivity contribution >= 4 is 0 Å². The Balaban J connectivity index is 1.52. The first-order valence-electron chi connectivity index (χ1n) is 8.13. The lowest BCUT2D eigenvalue weighted by Gasteiger charge is -2.09. The van der Waals surface area contributed by atoms with E-state index in [9.17, 15) is 0 Å². The van der Waals surface area contributed by atoms with Gasteiger partial charge in [-0.25, -0.2) is 4.68 Å². The molecule has 4 nitrogen and oxygen atoms in total. The highest BCUT2D eigenvalue weighted by atomic mass is 16.5. The highest BCUT2D eigenvalue weighted by Crippen LogP contribution is 2.22. The van der Waals surface area contributed by atoms with Crippen LogP contribution >= 0.6 is 0 Å². The van der Waals surface area contributed by atoms with E-state index in [1.807, 2.05) is 71.4 Å². The molecule has 2 aromatic heterocycles. The summed E-state index contributed by atoms with van der Waals surface area (Å²) >= 11 is 0. The highest BCUT2D eigenvalue weighted by Gasteiger charge is 2.08. The molecular weight excluding hydrogens is 310 g/mol. The molecule has 0 saturated heterocycles. The fourth-order valence-electron chi connectivity index (χ4n) is 2.64. The monoisotopic (exact) mass is 327 g/mol. The van der Waals surface area contributed by atoms with Gasteiger partial charge in [0, 0.05) is 6.20 Å². The minimum atomic E-state index is 0.557. The maximum atomic E-state index is 5.84. The molecule has 4 rings (SSSR count). The molecule has 0 saturated carbocycles. The van der Waals surface area contributed by atoms with E-state index < -0.39 is 0 Å². The van der Waals surface area contributed by atoms with Crippen molar-refractivity contribution in [1.29, 1.82) is 0 Å². The fourth-order valence-corrected chi connectivity index (χ4v) is 2.64. The summed E-state index contributed by atoms with van der Waals surface area (Å²) in [6, 6.07) is 25.9. The average Bonchev–Trinajstić information content (AvgIpc) is 3.18. The van der Waals surface area contributed by atoms with Crippen LogP contribution in [0.3, 0.4) is 0 Å². The summed E-state index contributed by atoms with van der Waals surface area (Å²) in [4.78, 5) is 4.40. The van der Waals surface area contributed by atoms with Crippen molar-refractivity contribution in [2.45, 2.75) is 6.61 Å². The van der Waals surface area contributed by atoms with Crippen LogP contribution in [0.15, 0.2) is 91.3 Å². The summed E-state index contributed by atoms with van der Waals surface area (Å²) in [6.45, 7) is 0.557. The third kappa shape index (κ3) is 3.43. The summed E-state index contributed by atoms with van der Waals surface area (Å²) in [5, 5.41) is 4.42. The molecule has 0 aliphatic carbocycles. The zero-order valence-corrected chi connectivity index (χ0v) is 13.6. The number of pyridine rings is 1. The van der Waals surface area contributed by atoms with Gasteiger partial charge in [0.1, 0.15) is 12.4 Å². The van der Waals surface area contributed by atoms with Gasteiger partial charge in [0.2, 0.25) is 0 Å². The second-order valence-corrected chi connectivity index (χ2v) is 5.61. The highest BCUT2D eigenvalue weighted by molar-refractivity contribution is 5.57. The van der Waals surface area contributed by atoms with Crippen LogP contribution in [0.5, 0.6) is 5.75 Å². The second-order valence-electron chi connectivity index (χ2n) is 5.61. The van der Waals surface area contributed by atoms with Crippen LogP contribution in [0.4, 0.5) is 0 Å². The van der Waals surface area contributed by atoms with Crippen molar-refractivity contribution in [2.75, 3.05) is 0 Å². The van der Waals surface area contributed by atoms with Crippen molar-refractivity contribution in [3.8, 4) is 22.8 Å². The van der Waals surface area contributed by atoms with Crippen molar-refractivity contribution < 1.29 is 4.74 Å². The van der Waals surface area contributed by atoms with E-state index in [1.165, 1.54) is 0 Å². The van der Waals surface area contributed by atoms with Gasteiger partial charge in [-0.15, -0.1) is 0 Å². The number of hydrogen-bond acceptors (Lipinski definition) is 3. The topological polar surface area (TPSA) is 39.9 Å². The zero-order chi connectivity index (χ0) is 16.9. The van der Waals surface area contributed by atoms with Gasteiger partial charge in [-0.1, -0.05) is 36.4 Å². The van der Waals surface area contributed by atoms with E-state index in [0.717, 1.165) is 28.4 Å². The third-order valence-corrected chi connectivity index (χ3v) is 3.90. The smallest absolute Gasteiger partial charge is 0.119 e. The van der Waals surface area contributed by atoms with Crippen LogP contribution < -0.4 is 4.74 Å². The summed E-state index contributed by atoms with van der Waals surface area (Å²) in [6.07, 6.45) is 3.57. The van der Waals surface area contributed by atoms with Crippen molar-refractivity contribution in [3.63, 3.8) is 0 Å². The molecule has 0 unspecified atom stereocenters. The number of aromatic nitrogens is 3. The SMILES string of the molecule is c1ccc(COc2ccc(-n3nccc3-c3ccccn3)cc2)cc1. The van der Waals surface area contributed by atoms with E-state index in [1.54, 1.807) is 12.4 Å². The molecule has 0 radical (unpaired) electrons. The molecule has 4 heteroatoms. The molecule has 0 fully saturated rings. The Morgan fingerprint density at radius 1 is 0.760 bits per heavy atom. The Hall–Kier alpha value is -3.40. The van der Waals surface area contributed by atoms with Gasteiger partial charge in [0.25, 0.3) is 0 Å². The van der Waals surface area contributed by atoms with Gasteiger partial charge >= 0.3 is 0 Å². The lowest BCUT2D eigenvalue weighted by Crippen LogP contribution is -2.00. The molecular formula is C21H17N3O. The summed E-state index contributed by atoms with van der Waals surface area (Å²) < 4.78 is 7.72. The molecule has 0 amide bonds. The van der Waals surface area contributed by atoms with Gasteiger partial charge < -0.3 is 4.74 Å². The number of benzene rings is 2. The van der Waals surface area contributed by atoms with Gasteiger partial charge in [-0.3, -0.25) is 4.98 Å². The molecule has 0 N–H and O–H groups in total. The van der Waals surface area contributed by atoms with E-state index in [0.29, 0.717) is 6.61 Å².